The van der Waals surface area contributed by atoms with Gasteiger partial charge in [-0.15, -0.1) is 0 Å². The fourth-order valence-electron chi connectivity index (χ4n) is 3.87. The van der Waals surface area contributed by atoms with E-state index in [1.54, 1.807) is 24.5 Å². The number of benzene rings is 1. The summed E-state index contributed by atoms with van der Waals surface area (Å²) in [4.78, 5) is 17.2. The third-order valence-electron chi connectivity index (χ3n) is 5.18. The third kappa shape index (κ3) is 3.09. The summed E-state index contributed by atoms with van der Waals surface area (Å²) in [6, 6.07) is 9.08. The van der Waals surface area contributed by atoms with E-state index in [0.717, 1.165) is 40.2 Å². The minimum atomic E-state index is -0.298. The molecule has 2 heterocycles. The van der Waals surface area contributed by atoms with Gasteiger partial charge in [-0.2, -0.15) is 0 Å². The molecular formula is C22H20N4O2. The lowest BCUT2D eigenvalue weighted by molar-refractivity contribution is -0.385. The second-order valence-electron chi connectivity index (χ2n) is 6.77. The summed E-state index contributed by atoms with van der Waals surface area (Å²) in [5, 5.41) is 14.6. The monoisotopic (exact) mass is 372 g/mol. The Balaban J connectivity index is 1.58. The van der Waals surface area contributed by atoms with E-state index in [4.69, 9.17) is 0 Å². The van der Waals surface area contributed by atoms with Crippen molar-refractivity contribution in [3.05, 3.63) is 112 Å². The van der Waals surface area contributed by atoms with Gasteiger partial charge in [0.2, 0.25) is 0 Å². The highest BCUT2D eigenvalue weighted by Gasteiger charge is 2.33. The van der Waals surface area contributed by atoms with Crippen LogP contribution in [0.25, 0.3) is 0 Å². The number of nitro groups is 1. The van der Waals surface area contributed by atoms with Gasteiger partial charge in [0.25, 0.3) is 5.69 Å². The molecule has 1 unspecified atom stereocenters. The van der Waals surface area contributed by atoms with Crippen LogP contribution in [0.1, 0.15) is 23.6 Å². The van der Waals surface area contributed by atoms with Crippen molar-refractivity contribution in [2.75, 3.05) is 5.32 Å². The first-order valence-corrected chi connectivity index (χ1v) is 9.05. The number of nitro benzene ring substituents is 1. The van der Waals surface area contributed by atoms with Crippen LogP contribution >= 0.6 is 0 Å². The van der Waals surface area contributed by atoms with E-state index < -0.39 is 0 Å². The Bertz CT molecular complexity index is 1020. The highest BCUT2D eigenvalue weighted by molar-refractivity contribution is 5.59. The van der Waals surface area contributed by atoms with Gasteiger partial charge in [0, 0.05) is 52.9 Å². The van der Waals surface area contributed by atoms with Gasteiger partial charge in [0.1, 0.15) is 0 Å². The summed E-state index contributed by atoms with van der Waals surface area (Å²) in [5.41, 5.74) is 5.37. The van der Waals surface area contributed by atoms with E-state index >= 15 is 0 Å². The molecule has 6 heteroatoms. The van der Waals surface area contributed by atoms with Crippen LogP contribution in [0.4, 0.5) is 11.4 Å². The van der Waals surface area contributed by atoms with Crippen LogP contribution in [-0.4, -0.2) is 14.8 Å². The van der Waals surface area contributed by atoms with Gasteiger partial charge < -0.3 is 10.2 Å². The van der Waals surface area contributed by atoms with Crippen LogP contribution in [0.2, 0.25) is 0 Å². The first-order chi connectivity index (χ1) is 13.6. The van der Waals surface area contributed by atoms with Crippen molar-refractivity contribution in [1.29, 1.82) is 0 Å². The van der Waals surface area contributed by atoms with E-state index in [0.29, 0.717) is 6.42 Å². The largest absolute Gasteiger partial charge is 0.355 e. The summed E-state index contributed by atoms with van der Waals surface area (Å²) < 4.78 is 0. The third-order valence-corrected chi connectivity index (χ3v) is 5.18. The standard InChI is InChI=1S/C22H20N4O2/c1-15(24-17-10-12-23-13-11-17)18-6-4-14-25(16(18)2)21-9-8-20-19(21)5-3-7-22(20)26(27)28/h3-7,10-14,21H,1-2,8-9H2,(H,23,24). The van der Waals surface area contributed by atoms with Crippen LogP contribution in [0.15, 0.2) is 91.2 Å². The van der Waals surface area contributed by atoms with Gasteiger partial charge in [-0.3, -0.25) is 15.1 Å². The Morgan fingerprint density at radius 2 is 2.07 bits per heavy atom. The lowest BCUT2D eigenvalue weighted by Crippen LogP contribution is -2.25. The number of aromatic nitrogens is 1. The number of anilines is 1. The highest BCUT2D eigenvalue weighted by Crippen LogP contribution is 2.43. The average molecular weight is 372 g/mol. The van der Waals surface area contributed by atoms with E-state index in [9.17, 15) is 10.1 Å². The average Bonchev–Trinajstić information content (AvgIpc) is 3.12. The molecule has 0 spiro atoms. The number of rotatable bonds is 5. The van der Waals surface area contributed by atoms with Crippen LogP contribution in [0, 0.1) is 10.1 Å². The fraction of sp³-hybridized carbons (Fsp3) is 0.136. The normalized spacial score (nSPS) is 17.9. The number of nitrogens with zero attached hydrogens (tertiary/aromatic N) is 3. The number of hydrogen-bond acceptors (Lipinski definition) is 5. The Morgan fingerprint density at radius 3 is 2.82 bits per heavy atom. The summed E-state index contributed by atoms with van der Waals surface area (Å²) in [5.74, 6) is 0. The van der Waals surface area contributed by atoms with Gasteiger partial charge in [0.15, 0.2) is 0 Å². The zero-order valence-corrected chi connectivity index (χ0v) is 15.3. The summed E-state index contributed by atoms with van der Waals surface area (Å²) in [6.45, 7) is 8.43. The maximum absolute atomic E-state index is 11.3. The molecule has 1 aromatic carbocycles. The van der Waals surface area contributed by atoms with E-state index in [1.165, 1.54) is 0 Å². The molecule has 2 aliphatic rings. The summed E-state index contributed by atoms with van der Waals surface area (Å²) in [6.07, 6.45) is 10.8. The number of pyridine rings is 1. The van der Waals surface area contributed by atoms with Gasteiger partial charge >= 0.3 is 0 Å². The maximum atomic E-state index is 11.3. The molecule has 0 bridgehead atoms. The van der Waals surface area contributed by atoms with Crippen molar-refractivity contribution in [3.63, 3.8) is 0 Å². The first-order valence-electron chi connectivity index (χ1n) is 9.05. The second kappa shape index (κ2) is 7.15. The molecule has 0 radical (unpaired) electrons. The van der Waals surface area contributed by atoms with E-state index in [-0.39, 0.29) is 16.7 Å². The van der Waals surface area contributed by atoms with Crippen molar-refractivity contribution in [2.45, 2.75) is 18.9 Å². The number of hydrogen-bond donors (Lipinski definition) is 1. The Hall–Kier alpha value is -3.67. The van der Waals surface area contributed by atoms with Crippen LogP contribution in [0.5, 0.6) is 0 Å². The molecule has 28 heavy (non-hydrogen) atoms. The summed E-state index contributed by atoms with van der Waals surface area (Å²) in [7, 11) is 0. The van der Waals surface area contributed by atoms with E-state index in [2.05, 4.69) is 28.4 Å². The Kier molecular flexibility index (Phi) is 4.53. The molecular weight excluding hydrogens is 352 g/mol. The van der Waals surface area contributed by atoms with Crippen molar-refractivity contribution >= 4 is 11.4 Å². The Labute approximate surface area is 163 Å². The molecule has 6 nitrogen and oxygen atoms in total. The first kappa shape index (κ1) is 17.7. The number of nitrogens with one attached hydrogen (secondary N) is 1. The molecule has 1 N–H and O–H groups in total. The molecule has 1 aliphatic heterocycles. The molecule has 1 aliphatic carbocycles. The van der Waals surface area contributed by atoms with Gasteiger partial charge in [0.05, 0.1) is 11.0 Å². The van der Waals surface area contributed by atoms with E-state index in [1.807, 2.05) is 36.6 Å². The van der Waals surface area contributed by atoms with Crippen LogP contribution in [0.3, 0.4) is 0 Å². The van der Waals surface area contributed by atoms with Crippen molar-refractivity contribution in [3.8, 4) is 0 Å². The quantitative estimate of drug-likeness (QED) is 0.599. The molecule has 1 aromatic heterocycles. The molecule has 4 rings (SSSR count). The van der Waals surface area contributed by atoms with Gasteiger partial charge in [-0.25, -0.2) is 0 Å². The topological polar surface area (TPSA) is 71.3 Å². The lowest BCUT2D eigenvalue weighted by atomic mass is 10.0. The predicted octanol–water partition coefficient (Wildman–Crippen LogP) is 4.87. The van der Waals surface area contributed by atoms with Gasteiger partial charge in [-0.05, 0) is 42.7 Å². The molecule has 0 saturated carbocycles. The molecule has 2 aromatic rings. The highest BCUT2D eigenvalue weighted by atomic mass is 16.6. The van der Waals surface area contributed by atoms with Crippen LogP contribution in [-0.2, 0) is 6.42 Å². The molecule has 0 fully saturated rings. The van der Waals surface area contributed by atoms with Crippen molar-refractivity contribution in [1.82, 2.24) is 9.88 Å². The predicted molar refractivity (Wildman–Crippen MR) is 109 cm³/mol. The molecule has 0 saturated heterocycles. The number of fused-ring (bicyclic) bond motifs is 1. The second-order valence-corrected chi connectivity index (χ2v) is 6.77. The maximum Gasteiger partial charge on any atom is 0.272 e. The lowest BCUT2D eigenvalue weighted by Gasteiger charge is -2.33. The minimum Gasteiger partial charge on any atom is -0.355 e. The zero-order chi connectivity index (χ0) is 19.7. The Morgan fingerprint density at radius 1 is 1.29 bits per heavy atom. The fourth-order valence-corrected chi connectivity index (χ4v) is 3.87. The zero-order valence-electron chi connectivity index (χ0n) is 15.3. The van der Waals surface area contributed by atoms with Crippen molar-refractivity contribution in [2.24, 2.45) is 0 Å². The summed E-state index contributed by atoms with van der Waals surface area (Å²) >= 11 is 0. The minimum absolute atomic E-state index is 0.0241. The van der Waals surface area contributed by atoms with Crippen molar-refractivity contribution < 1.29 is 4.92 Å². The SMILES string of the molecule is C=C(Nc1ccncc1)C1=CC=CN(C2CCc3c2cccc3[N+](=O)[O-])C1=C. The van der Waals surface area contributed by atoms with Crippen LogP contribution < -0.4 is 5.32 Å². The molecule has 140 valence electrons. The smallest absolute Gasteiger partial charge is 0.272 e. The number of allylic oxidation sites excluding steroid dienone is 2. The molecule has 1 atom stereocenters. The molecule has 0 amide bonds. The van der Waals surface area contributed by atoms with Gasteiger partial charge in [-0.1, -0.05) is 25.3 Å².